The lowest BCUT2D eigenvalue weighted by atomic mass is 10.2. The van der Waals surface area contributed by atoms with Gasteiger partial charge in [0.2, 0.25) is 6.79 Å². The fourth-order valence-electron chi connectivity index (χ4n) is 1.03. The highest BCUT2D eigenvalue weighted by atomic mass is 35.5. The predicted molar refractivity (Wildman–Crippen MR) is 66.2 cm³/mol. The molecular formula is C11H18Cl2O4. The molecule has 0 aliphatic carbocycles. The molecule has 4 nitrogen and oxygen atoms in total. The highest BCUT2D eigenvalue weighted by molar-refractivity contribution is 6.18. The van der Waals surface area contributed by atoms with Crippen LogP contribution >= 0.6 is 23.2 Å². The fraction of sp³-hybridized carbons (Fsp3) is 0.818. The van der Waals surface area contributed by atoms with E-state index in [2.05, 4.69) is 0 Å². The van der Waals surface area contributed by atoms with E-state index >= 15 is 0 Å². The first kappa shape index (κ1) is 16.5. The van der Waals surface area contributed by atoms with Crippen molar-refractivity contribution in [1.82, 2.24) is 0 Å². The highest BCUT2D eigenvalue weighted by Gasteiger charge is 2.05. The van der Waals surface area contributed by atoms with E-state index < -0.39 is 0 Å². The number of unbranched alkanes of at least 4 members (excludes halogenated alkanes) is 2. The summed E-state index contributed by atoms with van der Waals surface area (Å²) in [6.07, 6.45) is 3.52. The summed E-state index contributed by atoms with van der Waals surface area (Å²) < 4.78 is 9.43. The lowest BCUT2D eigenvalue weighted by Gasteiger charge is -2.05. The van der Waals surface area contributed by atoms with Gasteiger partial charge in [0.25, 0.3) is 0 Å². The average Bonchev–Trinajstić information content (AvgIpc) is 2.30. The Bertz CT molecular complexity index is 200. The second-order valence-electron chi connectivity index (χ2n) is 3.44. The van der Waals surface area contributed by atoms with Gasteiger partial charge in [0.15, 0.2) is 0 Å². The normalized spacial score (nSPS) is 10.0. The zero-order valence-electron chi connectivity index (χ0n) is 9.75. The van der Waals surface area contributed by atoms with Crippen molar-refractivity contribution in [1.29, 1.82) is 0 Å². The first-order chi connectivity index (χ1) is 8.20. The number of halogens is 2. The van der Waals surface area contributed by atoms with Crippen molar-refractivity contribution in [3.8, 4) is 0 Å². The Balaban J connectivity index is 3.36. The summed E-state index contributed by atoms with van der Waals surface area (Å²) in [5, 5.41) is 0. The van der Waals surface area contributed by atoms with E-state index in [0.717, 1.165) is 12.8 Å². The molecule has 100 valence electrons. The first-order valence-corrected chi connectivity index (χ1v) is 6.70. The van der Waals surface area contributed by atoms with Crippen LogP contribution in [-0.2, 0) is 19.1 Å². The average molecular weight is 285 g/mol. The lowest BCUT2D eigenvalue weighted by Crippen LogP contribution is -2.12. The molecular weight excluding hydrogens is 267 g/mol. The van der Waals surface area contributed by atoms with E-state index in [0.29, 0.717) is 37.4 Å². The Labute approximate surface area is 112 Å². The summed E-state index contributed by atoms with van der Waals surface area (Å²) in [5.41, 5.74) is 0. The summed E-state index contributed by atoms with van der Waals surface area (Å²) in [6, 6.07) is 0. The van der Waals surface area contributed by atoms with Gasteiger partial charge >= 0.3 is 11.9 Å². The summed E-state index contributed by atoms with van der Waals surface area (Å²) in [5.74, 6) is 0.318. The molecule has 0 N–H and O–H groups in total. The van der Waals surface area contributed by atoms with Gasteiger partial charge in [-0.2, -0.15) is 0 Å². The quantitative estimate of drug-likeness (QED) is 0.268. The van der Waals surface area contributed by atoms with Crippen LogP contribution in [0, 0.1) is 0 Å². The van der Waals surface area contributed by atoms with Crippen molar-refractivity contribution >= 4 is 35.1 Å². The molecule has 0 heterocycles. The molecule has 0 aliphatic heterocycles. The number of alkyl halides is 2. The molecule has 0 atom stereocenters. The first-order valence-electron chi connectivity index (χ1n) is 5.64. The number of hydrogen-bond acceptors (Lipinski definition) is 4. The van der Waals surface area contributed by atoms with Crippen molar-refractivity contribution in [2.24, 2.45) is 0 Å². The van der Waals surface area contributed by atoms with Crippen LogP contribution in [0.25, 0.3) is 0 Å². The largest absolute Gasteiger partial charge is 0.428 e. The summed E-state index contributed by atoms with van der Waals surface area (Å²) in [4.78, 5) is 22.2. The third kappa shape index (κ3) is 11.8. The molecule has 0 aromatic heterocycles. The molecule has 0 saturated carbocycles. The van der Waals surface area contributed by atoms with Crippen molar-refractivity contribution in [3.05, 3.63) is 0 Å². The van der Waals surface area contributed by atoms with Crippen LogP contribution < -0.4 is 0 Å². The topological polar surface area (TPSA) is 52.6 Å². The maximum atomic E-state index is 11.1. The molecule has 0 amide bonds. The number of esters is 2. The maximum Gasteiger partial charge on any atom is 0.308 e. The van der Waals surface area contributed by atoms with Gasteiger partial charge in [0, 0.05) is 24.6 Å². The maximum absolute atomic E-state index is 11.1. The second-order valence-corrected chi connectivity index (χ2v) is 4.20. The Morgan fingerprint density at radius 3 is 1.53 bits per heavy atom. The fourth-order valence-corrected chi connectivity index (χ4v) is 1.41. The van der Waals surface area contributed by atoms with E-state index in [1.807, 2.05) is 0 Å². The van der Waals surface area contributed by atoms with Gasteiger partial charge in [-0.1, -0.05) is 0 Å². The van der Waals surface area contributed by atoms with Crippen LogP contribution in [0.15, 0.2) is 0 Å². The lowest BCUT2D eigenvalue weighted by molar-refractivity contribution is -0.167. The molecule has 0 saturated heterocycles. The Hall–Kier alpha value is -0.480. The minimum Gasteiger partial charge on any atom is -0.428 e. The summed E-state index contributed by atoms with van der Waals surface area (Å²) in [6.45, 7) is -0.306. The van der Waals surface area contributed by atoms with E-state index in [-0.39, 0.29) is 18.7 Å². The van der Waals surface area contributed by atoms with E-state index in [9.17, 15) is 9.59 Å². The minimum atomic E-state index is -0.372. The zero-order valence-corrected chi connectivity index (χ0v) is 11.3. The number of rotatable bonds is 10. The van der Waals surface area contributed by atoms with Gasteiger partial charge < -0.3 is 9.47 Å². The monoisotopic (exact) mass is 284 g/mol. The molecule has 0 unspecified atom stereocenters. The smallest absolute Gasteiger partial charge is 0.308 e. The molecule has 0 spiro atoms. The van der Waals surface area contributed by atoms with Gasteiger partial charge in [-0.15, -0.1) is 23.2 Å². The predicted octanol–water partition coefficient (Wildman–Crippen LogP) is 2.85. The molecule has 0 radical (unpaired) electrons. The van der Waals surface area contributed by atoms with Gasteiger partial charge in [-0.05, 0) is 25.7 Å². The number of hydrogen-bond donors (Lipinski definition) is 0. The van der Waals surface area contributed by atoms with E-state index in [1.165, 1.54) is 0 Å². The van der Waals surface area contributed by atoms with Crippen molar-refractivity contribution in [2.45, 2.75) is 38.5 Å². The molecule has 0 aromatic carbocycles. The molecule has 17 heavy (non-hydrogen) atoms. The number of carbonyl (C=O) groups is 2. The number of carbonyl (C=O) groups excluding carboxylic acids is 2. The van der Waals surface area contributed by atoms with Crippen LogP contribution in [-0.4, -0.2) is 30.5 Å². The third-order valence-electron chi connectivity index (χ3n) is 1.97. The third-order valence-corrected chi connectivity index (χ3v) is 2.50. The van der Waals surface area contributed by atoms with Crippen molar-refractivity contribution in [3.63, 3.8) is 0 Å². The molecule has 0 bridgehead atoms. The number of ether oxygens (including phenoxy) is 2. The van der Waals surface area contributed by atoms with Crippen molar-refractivity contribution in [2.75, 3.05) is 18.6 Å². The van der Waals surface area contributed by atoms with Gasteiger partial charge in [0.1, 0.15) is 0 Å². The summed E-state index contributed by atoms with van der Waals surface area (Å²) >= 11 is 10.9. The van der Waals surface area contributed by atoms with Crippen LogP contribution in [0.2, 0.25) is 0 Å². The second kappa shape index (κ2) is 12.0. The minimum absolute atomic E-state index is 0.302. The Morgan fingerprint density at radius 1 is 0.765 bits per heavy atom. The van der Waals surface area contributed by atoms with Gasteiger partial charge in [0.05, 0.1) is 0 Å². The molecule has 0 aromatic rings. The Morgan fingerprint density at radius 2 is 1.18 bits per heavy atom. The van der Waals surface area contributed by atoms with Crippen LogP contribution in [0.5, 0.6) is 0 Å². The van der Waals surface area contributed by atoms with Gasteiger partial charge in [-0.25, -0.2) is 0 Å². The van der Waals surface area contributed by atoms with Crippen LogP contribution in [0.3, 0.4) is 0 Å². The van der Waals surface area contributed by atoms with Crippen LogP contribution in [0.4, 0.5) is 0 Å². The SMILES string of the molecule is O=C(CCCCCl)OCOC(=O)CCCCCl. The highest BCUT2D eigenvalue weighted by Crippen LogP contribution is 2.01. The zero-order chi connectivity index (χ0) is 12.9. The van der Waals surface area contributed by atoms with E-state index in [1.54, 1.807) is 0 Å². The standard InChI is InChI=1S/C11H18Cl2O4/c12-7-3-1-5-10(14)16-9-17-11(15)6-2-4-8-13/h1-9H2. The summed E-state index contributed by atoms with van der Waals surface area (Å²) in [7, 11) is 0. The van der Waals surface area contributed by atoms with E-state index in [4.69, 9.17) is 32.7 Å². The molecule has 0 fully saturated rings. The van der Waals surface area contributed by atoms with Crippen LogP contribution in [0.1, 0.15) is 38.5 Å². The molecule has 0 aliphatic rings. The molecule has 0 rings (SSSR count). The Kier molecular flexibility index (Phi) is 11.7. The molecule has 6 heteroatoms. The van der Waals surface area contributed by atoms with Gasteiger partial charge in [-0.3, -0.25) is 9.59 Å². The van der Waals surface area contributed by atoms with Crippen molar-refractivity contribution < 1.29 is 19.1 Å².